The van der Waals surface area contributed by atoms with E-state index in [1.807, 2.05) is 18.4 Å². The SMILES string of the molecule is CC(=O)N/N=C\c1sccc1C. The van der Waals surface area contributed by atoms with Gasteiger partial charge in [0.15, 0.2) is 0 Å². The lowest BCUT2D eigenvalue weighted by Crippen LogP contribution is -2.12. The summed E-state index contributed by atoms with van der Waals surface area (Å²) in [6.45, 7) is 3.43. The van der Waals surface area contributed by atoms with Gasteiger partial charge in [0.05, 0.1) is 6.21 Å². The number of rotatable bonds is 2. The van der Waals surface area contributed by atoms with Gasteiger partial charge in [0.25, 0.3) is 0 Å². The minimum absolute atomic E-state index is 0.152. The molecule has 0 aliphatic heterocycles. The largest absolute Gasteiger partial charge is 0.274 e. The summed E-state index contributed by atoms with van der Waals surface area (Å²) in [5.74, 6) is -0.152. The Morgan fingerprint density at radius 2 is 2.50 bits per heavy atom. The highest BCUT2D eigenvalue weighted by Gasteiger charge is 1.94. The molecule has 1 rings (SSSR count). The zero-order valence-corrected chi connectivity index (χ0v) is 7.81. The van der Waals surface area contributed by atoms with Crippen molar-refractivity contribution in [2.24, 2.45) is 5.10 Å². The smallest absolute Gasteiger partial charge is 0.236 e. The van der Waals surface area contributed by atoms with Gasteiger partial charge >= 0.3 is 0 Å². The minimum Gasteiger partial charge on any atom is -0.274 e. The zero-order chi connectivity index (χ0) is 8.97. The number of hydrogen-bond donors (Lipinski definition) is 1. The lowest BCUT2D eigenvalue weighted by Gasteiger charge is -1.90. The molecule has 0 saturated heterocycles. The molecule has 0 spiro atoms. The number of aryl methyl sites for hydroxylation is 1. The van der Waals surface area contributed by atoms with E-state index < -0.39 is 0 Å². The Morgan fingerprint density at radius 3 is 3.00 bits per heavy atom. The first kappa shape index (κ1) is 8.93. The van der Waals surface area contributed by atoms with Crippen LogP contribution in [0.25, 0.3) is 0 Å². The number of carbonyl (C=O) groups excluding carboxylic acids is 1. The molecule has 0 aromatic carbocycles. The van der Waals surface area contributed by atoms with E-state index in [1.165, 1.54) is 12.5 Å². The topological polar surface area (TPSA) is 41.5 Å². The highest BCUT2D eigenvalue weighted by Crippen LogP contribution is 2.11. The number of nitrogens with one attached hydrogen (secondary N) is 1. The van der Waals surface area contributed by atoms with Gasteiger partial charge in [-0.05, 0) is 23.9 Å². The van der Waals surface area contributed by atoms with Gasteiger partial charge in [-0.25, -0.2) is 5.43 Å². The summed E-state index contributed by atoms with van der Waals surface area (Å²) in [5.41, 5.74) is 3.52. The fourth-order valence-corrected chi connectivity index (χ4v) is 1.48. The molecular weight excluding hydrogens is 172 g/mol. The number of nitrogens with zero attached hydrogens (tertiary/aromatic N) is 1. The number of carbonyl (C=O) groups is 1. The first-order chi connectivity index (χ1) is 5.70. The summed E-state index contributed by atoms with van der Waals surface area (Å²) in [4.78, 5) is 11.5. The summed E-state index contributed by atoms with van der Waals surface area (Å²) in [6.07, 6.45) is 1.65. The van der Waals surface area contributed by atoms with Gasteiger partial charge in [0.1, 0.15) is 0 Å². The molecule has 1 heterocycles. The highest BCUT2D eigenvalue weighted by atomic mass is 32.1. The van der Waals surface area contributed by atoms with Crippen LogP contribution in [0.3, 0.4) is 0 Å². The van der Waals surface area contributed by atoms with E-state index in [0.29, 0.717) is 0 Å². The lowest BCUT2D eigenvalue weighted by atomic mass is 10.3. The molecule has 0 aliphatic rings. The van der Waals surface area contributed by atoms with Gasteiger partial charge in [-0.15, -0.1) is 11.3 Å². The average Bonchev–Trinajstić information content (AvgIpc) is 2.36. The van der Waals surface area contributed by atoms with Crippen LogP contribution in [-0.2, 0) is 4.79 Å². The van der Waals surface area contributed by atoms with Crippen LogP contribution >= 0.6 is 11.3 Å². The molecule has 12 heavy (non-hydrogen) atoms. The quantitative estimate of drug-likeness (QED) is 0.547. The molecule has 0 fully saturated rings. The molecule has 0 saturated carbocycles. The molecule has 0 unspecified atom stereocenters. The van der Waals surface area contributed by atoms with Crippen molar-refractivity contribution in [2.45, 2.75) is 13.8 Å². The molecule has 1 amide bonds. The van der Waals surface area contributed by atoms with E-state index in [0.717, 1.165) is 4.88 Å². The van der Waals surface area contributed by atoms with E-state index in [9.17, 15) is 4.79 Å². The van der Waals surface area contributed by atoms with Crippen LogP contribution in [0.15, 0.2) is 16.5 Å². The summed E-state index contributed by atoms with van der Waals surface area (Å²) in [5, 5.41) is 5.75. The fraction of sp³-hybridized carbons (Fsp3) is 0.250. The van der Waals surface area contributed by atoms with Crippen LogP contribution in [0.1, 0.15) is 17.4 Å². The van der Waals surface area contributed by atoms with E-state index in [2.05, 4.69) is 10.5 Å². The Kier molecular flexibility index (Phi) is 2.99. The van der Waals surface area contributed by atoms with Gasteiger partial charge in [-0.1, -0.05) is 0 Å². The van der Waals surface area contributed by atoms with E-state index in [1.54, 1.807) is 17.6 Å². The van der Waals surface area contributed by atoms with Gasteiger partial charge in [0, 0.05) is 11.8 Å². The maximum Gasteiger partial charge on any atom is 0.236 e. The maximum atomic E-state index is 10.4. The molecule has 1 N–H and O–H groups in total. The molecule has 1 aromatic heterocycles. The predicted molar refractivity (Wildman–Crippen MR) is 50.5 cm³/mol. The third kappa shape index (κ3) is 2.47. The summed E-state index contributed by atoms with van der Waals surface area (Å²) < 4.78 is 0. The third-order valence-electron chi connectivity index (χ3n) is 1.31. The lowest BCUT2D eigenvalue weighted by molar-refractivity contribution is -0.118. The van der Waals surface area contributed by atoms with Crippen LogP contribution in [0.2, 0.25) is 0 Å². The summed E-state index contributed by atoms with van der Waals surface area (Å²) in [6, 6.07) is 2.01. The van der Waals surface area contributed by atoms with Crippen LogP contribution < -0.4 is 5.43 Å². The number of hydrazone groups is 1. The van der Waals surface area contributed by atoms with E-state index >= 15 is 0 Å². The molecule has 0 atom stereocenters. The van der Waals surface area contributed by atoms with Crippen LogP contribution in [0.5, 0.6) is 0 Å². The highest BCUT2D eigenvalue weighted by molar-refractivity contribution is 7.11. The van der Waals surface area contributed by atoms with Gasteiger partial charge in [-0.2, -0.15) is 5.10 Å². The number of thiophene rings is 1. The van der Waals surface area contributed by atoms with Crippen molar-refractivity contribution in [3.8, 4) is 0 Å². The Labute approximate surface area is 75.1 Å². The van der Waals surface area contributed by atoms with Crippen molar-refractivity contribution >= 4 is 23.5 Å². The standard InChI is InChI=1S/C8H10N2OS/c1-6-3-4-12-8(6)5-9-10-7(2)11/h3-5H,1-2H3,(H,10,11)/b9-5-. The second kappa shape index (κ2) is 4.01. The van der Waals surface area contributed by atoms with Gasteiger partial charge in [0.2, 0.25) is 5.91 Å². The minimum atomic E-state index is -0.152. The first-order valence-corrected chi connectivity index (χ1v) is 4.42. The Balaban J connectivity index is 2.57. The molecule has 3 nitrogen and oxygen atoms in total. The van der Waals surface area contributed by atoms with Crippen molar-refractivity contribution in [2.75, 3.05) is 0 Å². The number of hydrogen-bond acceptors (Lipinski definition) is 3. The molecule has 64 valence electrons. The third-order valence-corrected chi connectivity index (χ3v) is 2.26. The van der Waals surface area contributed by atoms with Crippen molar-refractivity contribution in [1.82, 2.24) is 5.43 Å². The molecule has 0 aliphatic carbocycles. The fourth-order valence-electron chi connectivity index (χ4n) is 0.699. The molecule has 0 bridgehead atoms. The van der Waals surface area contributed by atoms with E-state index in [-0.39, 0.29) is 5.91 Å². The second-order valence-corrected chi connectivity index (χ2v) is 3.34. The van der Waals surface area contributed by atoms with Crippen LogP contribution in [0.4, 0.5) is 0 Å². The zero-order valence-electron chi connectivity index (χ0n) is 7.00. The number of amides is 1. The molecular formula is C8H10N2OS. The molecule has 1 aromatic rings. The average molecular weight is 182 g/mol. The van der Waals surface area contributed by atoms with Crippen LogP contribution in [0, 0.1) is 6.92 Å². The van der Waals surface area contributed by atoms with Crippen LogP contribution in [-0.4, -0.2) is 12.1 Å². The van der Waals surface area contributed by atoms with Gasteiger partial charge < -0.3 is 0 Å². The van der Waals surface area contributed by atoms with Gasteiger partial charge in [-0.3, -0.25) is 4.79 Å². The summed E-state index contributed by atoms with van der Waals surface area (Å²) in [7, 11) is 0. The van der Waals surface area contributed by atoms with Crippen molar-refractivity contribution in [3.63, 3.8) is 0 Å². The Morgan fingerprint density at radius 1 is 1.75 bits per heavy atom. The predicted octanol–water partition coefficient (Wildman–Crippen LogP) is 1.53. The molecule has 0 radical (unpaired) electrons. The van der Waals surface area contributed by atoms with E-state index in [4.69, 9.17) is 0 Å². The normalized spacial score (nSPS) is 10.5. The van der Waals surface area contributed by atoms with Crippen molar-refractivity contribution < 1.29 is 4.79 Å². The summed E-state index contributed by atoms with van der Waals surface area (Å²) >= 11 is 1.60. The molecule has 4 heteroatoms. The Hall–Kier alpha value is -1.16. The second-order valence-electron chi connectivity index (χ2n) is 2.39. The monoisotopic (exact) mass is 182 g/mol. The Bertz CT molecular complexity index is 304. The van der Waals surface area contributed by atoms with Crippen molar-refractivity contribution in [1.29, 1.82) is 0 Å². The van der Waals surface area contributed by atoms with Crippen molar-refractivity contribution in [3.05, 3.63) is 21.9 Å². The maximum absolute atomic E-state index is 10.4. The first-order valence-electron chi connectivity index (χ1n) is 3.54.